The number of hydrogen-bond donors (Lipinski definition) is 0. The van der Waals surface area contributed by atoms with Gasteiger partial charge in [-0.05, 0) is 61.2 Å². The minimum absolute atomic E-state index is 0.632. The Morgan fingerprint density at radius 2 is 1.60 bits per heavy atom. The monoisotopic (exact) mass is 208 g/mol. The Morgan fingerprint density at radius 3 is 2.27 bits per heavy atom. The van der Waals surface area contributed by atoms with E-state index in [1.165, 1.54) is 44.9 Å². The van der Waals surface area contributed by atoms with Gasteiger partial charge in [0.15, 0.2) is 0 Å². The summed E-state index contributed by atoms with van der Waals surface area (Å²) < 4.78 is 0. The fourth-order valence-electron chi connectivity index (χ4n) is 4.00. The summed E-state index contributed by atoms with van der Waals surface area (Å²) in [7, 11) is 0. The predicted molar refractivity (Wildman–Crippen MR) is 66.9 cm³/mol. The van der Waals surface area contributed by atoms with Crippen LogP contribution in [0, 0.1) is 22.7 Å². The summed E-state index contributed by atoms with van der Waals surface area (Å²) in [4.78, 5) is 0. The Kier molecular flexibility index (Phi) is 2.90. The smallest absolute Gasteiger partial charge is 0.0326 e. The van der Waals surface area contributed by atoms with Crippen molar-refractivity contribution < 1.29 is 0 Å². The molecule has 0 aromatic heterocycles. The molecule has 2 fully saturated rings. The van der Waals surface area contributed by atoms with Crippen LogP contribution in [0.3, 0.4) is 0 Å². The van der Waals surface area contributed by atoms with E-state index in [4.69, 9.17) is 0 Å². The summed E-state index contributed by atoms with van der Waals surface area (Å²) in [5.41, 5.74) is 1.31. The third kappa shape index (κ3) is 2.40. The molecule has 0 bridgehead atoms. The molecule has 0 nitrogen and oxygen atoms in total. The van der Waals surface area contributed by atoms with Crippen LogP contribution in [-0.4, -0.2) is 0 Å². The second-order valence-electron chi connectivity index (χ2n) is 7.33. The first kappa shape index (κ1) is 11.5. The number of hydrogen-bond acceptors (Lipinski definition) is 0. The molecule has 0 aliphatic heterocycles. The van der Waals surface area contributed by atoms with Crippen molar-refractivity contribution in [3.63, 3.8) is 0 Å². The van der Waals surface area contributed by atoms with E-state index in [0.29, 0.717) is 10.8 Å². The van der Waals surface area contributed by atoms with Gasteiger partial charge in [-0.15, -0.1) is 0 Å². The Balaban J connectivity index is 2.04. The molecule has 0 heterocycles. The molecule has 0 aromatic rings. The van der Waals surface area contributed by atoms with Crippen LogP contribution in [0.4, 0.5) is 0 Å². The molecule has 0 amide bonds. The molecule has 88 valence electrons. The lowest BCUT2D eigenvalue weighted by molar-refractivity contribution is 0.0228. The van der Waals surface area contributed by atoms with Gasteiger partial charge in [0.05, 0.1) is 0 Å². The van der Waals surface area contributed by atoms with Crippen molar-refractivity contribution in [2.24, 2.45) is 22.7 Å². The molecular formula is C15H28. The summed E-state index contributed by atoms with van der Waals surface area (Å²) in [6.45, 7) is 9.85. The maximum Gasteiger partial charge on any atom is -0.0326 e. The van der Waals surface area contributed by atoms with Crippen LogP contribution in [0.1, 0.15) is 72.6 Å². The SMILES string of the molecule is CCC1(C)CCC2CCC(C)(C)CC2C1. The zero-order valence-corrected chi connectivity index (χ0v) is 11.1. The van der Waals surface area contributed by atoms with E-state index in [9.17, 15) is 0 Å². The molecule has 0 heteroatoms. The molecule has 3 atom stereocenters. The second kappa shape index (κ2) is 3.79. The van der Waals surface area contributed by atoms with Gasteiger partial charge in [0.2, 0.25) is 0 Å². The lowest BCUT2D eigenvalue weighted by Crippen LogP contribution is -2.37. The average Bonchev–Trinajstić information content (AvgIpc) is 2.16. The van der Waals surface area contributed by atoms with E-state index < -0.39 is 0 Å². The first-order valence-corrected chi connectivity index (χ1v) is 6.94. The molecule has 0 saturated heterocycles. The van der Waals surface area contributed by atoms with Crippen LogP contribution < -0.4 is 0 Å². The maximum atomic E-state index is 2.52. The molecule has 2 rings (SSSR count). The van der Waals surface area contributed by atoms with Crippen LogP contribution >= 0.6 is 0 Å². The molecule has 2 aliphatic carbocycles. The topological polar surface area (TPSA) is 0 Å². The van der Waals surface area contributed by atoms with E-state index in [2.05, 4.69) is 27.7 Å². The van der Waals surface area contributed by atoms with E-state index in [0.717, 1.165) is 11.8 Å². The highest BCUT2D eigenvalue weighted by Crippen LogP contribution is 2.53. The highest BCUT2D eigenvalue weighted by Gasteiger charge is 2.41. The number of rotatable bonds is 1. The van der Waals surface area contributed by atoms with Crippen molar-refractivity contribution >= 4 is 0 Å². The fourth-order valence-corrected chi connectivity index (χ4v) is 4.00. The second-order valence-corrected chi connectivity index (χ2v) is 7.33. The summed E-state index contributed by atoms with van der Waals surface area (Å²) in [6, 6.07) is 0. The van der Waals surface area contributed by atoms with Gasteiger partial charge < -0.3 is 0 Å². The van der Waals surface area contributed by atoms with Crippen molar-refractivity contribution in [3.05, 3.63) is 0 Å². The van der Waals surface area contributed by atoms with Gasteiger partial charge in [-0.3, -0.25) is 0 Å². The highest BCUT2D eigenvalue weighted by molar-refractivity contribution is 4.92. The Hall–Kier alpha value is 0. The van der Waals surface area contributed by atoms with Gasteiger partial charge in [-0.25, -0.2) is 0 Å². The molecular weight excluding hydrogens is 180 g/mol. The van der Waals surface area contributed by atoms with E-state index in [-0.39, 0.29) is 0 Å². The Labute approximate surface area is 95.8 Å². The van der Waals surface area contributed by atoms with E-state index in [1.54, 1.807) is 0 Å². The van der Waals surface area contributed by atoms with Crippen molar-refractivity contribution in [2.45, 2.75) is 72.6 Å². The van der Waals surface area contributed by atoms with Crippen LogP contribution in [-0.2, 0) is 0 Å². The van der Waals surface area contributed by atoms with Crippen LogP contribution in [0.2, 0.25) is 0 Å². The first-order chi connectivity index (χ1) is 6.94. The molecule has 0 aromatic carbocycles. The molecule has 0 radical (unpaired) electrons. The zero-order chi connectivity index (χ0) is 11.1. The van der Waals surface area contributed by atoms with Crippen LogP contribution in [0.5, 0.6) is 0 Å². The molecule has 3 unspecified atom stereocenters. The minimum Gasteiger partial charge on any atom is -0.0649 e. The summed E-state index contributed by atoms with van der Waals surface area (Å²) in [6.07, 6.45) is 10.4. The zero-order valence-electron chi connectivity index (χ0n) is 11.1. The maximum absolute atomic E-state index is 2.52. The van der Waals surface area contributed by atoms with Gasteiger partial charge in [0.25, 0.3) is 0 Å². The average molecular weight is 208 g/mol. The standard InChI is InChI=1S/C15H28/c1-5-15(4)9-7-12-6-8-14(2,3)10-13(12)11-15/h12-13H,5-11H2,1-4H3. The van der Waals surface area contributed by atoms with Crippen molar-refractivity contribution in [3.8, 4) is 0 Å². The van der Waals surface area contributed by atoms with E-state index >= 15 is 0 Å². The predicted octanol–water partition coefficient (Wildman–Crippen LogP) is 5.03. The van der Waals surface area contributed by atoms with Gasteiger partial charge >= 0.3 is 0 Å². The summed E-state index contributed by atoms with van der Waals surface area (Å²) >= 11 is 0. The quantitative estimate of drug-likeness (QED) is 0.567. The summed E-state index contributed by atoms with van der Waals surface area (Å²) in [5.74, 6) is 2.13. The molecule has 15 heavy (non-hydrogen) atoms. The largest absolute Gasteiger partial charge is 0.0649 e. The Bertz CT molecular complexity index is 228. The van der Waals surface area contributed by atoms with Crippen molar-refractivity contribution in [2.75, 3.05) is 0 Å². The number of fused-ring (bicyclic) bond motifs is 1. The summed E-state index contributed by atoms with van der Waals surface area (Å²) in [5, 5.41) is 0. The van der Waals surface area contributed by atoms with Gasteiger partial charge in [0.1, 0.15) is 0 Å². The van der Waals surface area contributed by atoms with E-state index in [1.807, 2.05) is 0 Å². The molecule has 2 aliphatic rings. The van der Waals surface area contributed by atoms with Crippen molar-refractivity contribution in [1.29, 1.82) is 0 Å². The molecule has 2 saturated carbocycles. The van der Waals surface area contributed by atoms with Crippen LogP contribution in [0.25, 0.3) is 0 Å². The van der Waals surface area contributed by atoms with Gasteiger partial charge in [-0.2, -0.15) is 0 Å². The normalized spacial score (nSPS) is 44.8. The molecule has 0 N–H and O–H groups in total. The highest BCUT2D eigenvalue weighted by atomic mass is 14.5. The lowest BCUT2D eigenvalue weighted by Gasteiger charge is -2.49. The first-order valence-electron chi connectivity index (χ1n) is 6.94. The van der Waals surface area contributed by atoms with Gasteiger partial charge in [-0.1, -0.05) is 34.1 Å². The lowest BCUT2D eigenvalue weighted by atomic mass is 9.57. The minimum atomic E-state index is 0.632. The third-order valence-electron chi connectivity index (χ3n) is 5.40. The third-order valence-corrected chi connectivity index (χ3v) is 5.40. The Morgan fingerprint density at radius 1 is 0.933 bits per heavy atom. The molecule has 0 spiro atoms. The fraction of sp³-hybridized carbons (Fsp3) is 1.00. The van der Waals surface area contributed by atoms with Crippen molar-refractivity contribution in [1.82, 2.24) is 0 Å². The van der Waals surface area contributed by atoms with Crippen LogP contribution in [0.15, 0.2) is 0 Å². The van der Waals surface area contributed by atoms with Gasteiger partial charge in [0, 0.05) is 0 Å².